The molecule has 0 aliphatic carbocycles. The quantitative estimate of drug-likeness (QED) is 0.824. The molecule has 2 rings (SSSR count). The van der Waals surface area contributed by atoms with Gasteiger partial charge in [-0.15, -0.1) is 0 Å². The Morgan fingerprint density at radius 3 is 2.58 bits per heavy atom. The summed E-state index contributed by atoms with van der Waals surface area (Å²) in [6, 6.07) is 9.34. The van der Waals surface area contributed by atoms with Gasteiger partial charge in [0.05, 0.1) is 19.8 Å². The molecule has 0 radical (unpaired) electrons. The van der Waals surface area contributed by atoms with Gasteiger partial charge in [-0.3, -0.25) is 4.79 Å². The van der Waals surface area contributed by atoms with Crippen molar-refractivity contribution in [3.05, 3.63) is 24.3 Å². The SMILES string of the molecule is COCC1(C#N)CCN(c2ccc(OC)cc2)C1=O. The largest absolute Gasteiger partial charge is 0.497 e. The Hall–Kier alpha value is -2.06. The van der Waals surface area contributed by atoms with Gasteiger partial charge < -0.3 is 14.4 Å². The molecule has 1 heterocycles. The fourth-order valence-corrected chi connectivity index (χ4v) is 2.29. The van der Waals surface area contributed by atoms with Gasteiger partial charge in [0, 0.05) is 19.3 Å². The van der Waals surface area contributed by atoms with Crippen molar-refractivity contribution in [2.24, 2.45) is 5.41 Å². The zero-order chi connectivity index (χ0) is 13.9. The smallest absolute Gasteiger partial charge is 0.249 e. The molecular weight excluding hydrogens is 244 g/mol. The second kappa shape index (κ2) is 5.29. The first-order valence-electron chi connectivity index (χ1n) is 6.03. The minimum atomic E-state index is -1.05. The highest BCUT2D eigenvalue weighted by atomic mass is 16.5. The summed E-state index contributed by atoms with van der Waals surface area (Å²) in [6.07, 6.45) is 0.488. The number of benzene rings is 1. The minimum Gasteiger partial charge on any atom is -0.497 e. The second-order valence-corrected chi connectivity index (χ2v) is 4.53. The standard InChI is InChI=1S/C14H16N2O3/c1-18-10-14(9-15)7-8-16(13(14)17)11-3-5-12(19-2)6-4-11/h3-6H,7-8,10H2,1-2H3. The molecule has 0 N–H and O–H groups in total. The Morgan fingerprint density at radius 2 is 2.05 bits per heavy atom. The number of amides is 1. The van der Waals surface area contributed by atoms with Crippen LogP contribution in [0.25, 0.3) is 0 Å². The van der Waals surface area contributed by atoms with Crippen molar-refractivity contribution >= 4 is 11.6 Å². The third-order valence-corrected chi connectivity index (χ3v) is 3.41. The van der Waals surface area contributed by atoms with E-state index in [1.165, 1.54) is 7.11 Å². The van der Waals surface area contributed by atoms with Gasteiger partial charge in [0.1, 0.15) is 5.75 Å². The maximum Gasteiger partial charge on any atom is 0.249 e. The number of methoxy groups -OCH3 is 2. The van der Waals surface area contributed by atoms with Crippen molar-refractivity contribution in [1.29, 1.82) is 5.26 Å². The van der Waals surface area contributed by atoms with E-state index in [1.54, 1.807) is 24.1 Å². The molecule has 1 aromatic rings. The summed E-state index contributed by atoms with van der Waals surface area (Å²) in [5.41, 5.74) is -0.270. The zero-order valence-corrected chi connectivity index (χ0v) is 11.0. The van der Waals surface area contributed by atoms with Crippen LogP contribution in [0.3, 0.4) is 0 Å². The number of carbonyl (C=O) groups is 1. The normalized spacial score (nSPS) is 22.4. The van der Waals surface area contributed by atoms with Crippen LogP contribution >= 0.6 is 0 Å². The molecule has 0 aromatic heterocycles. The summed E-state index contributed by atoms with van der Waals surface area (Å²) in [4.78, 5) is 14.0. The third kappa shape index (κ3) is 2.27. The van der Waals surface area contributed by atoms with E-state index >= 15 is 0 Å². The molecule has 5 heteroatoms. The van der Waals surface area contributed by atoms with E-state index in [4.69, 9.17) is 9.47 Å². The molecule has 1 unspecified atom stereocenters. The van der Waals surface area contributed by atoms with Crippen LogP contribution in [-0.2, 0) is 9.53 Å². The predicted molar refractivity (Wildman–Crippen MR) is 69.9 cm³/mol. The van der Waals surface area contributed by atoms with Crippen molar-refractivity contribution in [2.75, 3.05) is 32.3 Å². The summed E-state index contributed by atoms with van der Waals surface area (Å²) >= 11 is 0. The first kappa shape index (κ1) is 13.4. The number of carbonyl (C=O) groups excluding carboxylic acids is 1. The lowest BCUT2D eigenvalue weighted by Gasteiger charge is -2.20. The Labute approximate surface area is 112 Å². The highest BCUT2D eigenvalue weighted by Gasteiger charge is 2.47. The first-order chi connectivity index (χ1) is 9.16. The van der Waals surface area contributed by atoms with Gasteiger partial charge in [-0.25, -0.2) is 0 Å². The minimum absolute atomic E-state index is 0.134. The van der Waals surface area contributed by atoms with Gasteiger partial charge in [-0.2, -0.15) is 5.26 Å². The Kier molecular flexibility index (Phi) is 3.72. The number of ether oxygens (including phenoxy) is 2. The van der Waals surface area contributed by atoms with Crippen molar-refractivity contribution in [3.63, 3.8) is 0 Å². The molecule has 1 aliphatic heterocycles. The molecule has 100 valence electrons. The highest BCUT2D eigenvalue weighted by Crippen LogP contribution is 2.35. The maximum atomic E-state index is 12.4. The molecule has 19 heavy (non-hydrogen) atoms. The van der Waals surface area contributed by atoms with E-state index in [1.807, 2.05) is 12.1 Å². The second-order valence-electron chi connectivity index (χ2n) is 4.53. The molecular formula is C14H16N2O3. The molecule has 0 spiro atoms. The molecule has 1 aromatic carbocycles. The number of anilines is 1. The van der Waals surface area contributed by atoms with Crippen LogP contribution in [-0.4, -0.2) is 33.3 Å². The topological polar surface area (TPSA) is 62.6 Å². The molecule has 5 nitrogen and oxygen atoms in total. The van der Waals surface area contributed by atoms with Crippen LogP contribution in [0.15, 0.2) is 24.3 Å². The van der Waals surface area contributed by atoms with Gasteiger partial charge in [0.15, 0.2) is 5.41 Å². The predicted octanol–water partition coefficient (Wildman–Crippen LogP) is 1.59. The molecule has 0 bridgehead atoms. The fourth-order valence-electron chi connectivity index (χ4n) is 2.29. The van der Waals surface area contributed by atoms with Crippen molar-refractivity contribution < 1.29 is 14.3 Å². The van der Waals surface area contributed by atoms with Crippen LogP contribution in [0.5, 0.6) is 5.75 Å². The average molecular weight is 260 g/mol. The molecule has 1 fully saturated rings. The molecule has 1 aliphatic rings. The summed E-state index contributed by atoms with van der Waals surface area (Å²) in [5.74, 6) is 0.542. The summed E-state index contributed by atoms with van der Waals surface area (Å²) in [5, 5.41) is 9.27. The molecule has 1 amide bonds. The van der Waals surface area contributed by atoms with Crippen molar-refractivity contribution in [1.82, 2.24) is 0 Å². The van der Waals surface area contributed by atoms with Gasteiger partial charge in [0.25, 0.3) is 0 Å². The van der Waals surface area contributed by atoms with E-state index in [0.29, 0.717) is 13.0 Å². The lowest BCUT2D eigenvalue weighted by atomic mass is 9.89. The van der Waals surface area contributed by atoms with E-state index < -0.39 is 5.41 Å². The van der Waals surface area contributed by atoms with E-state index in [-0.39, 0.29) is 12.5 Å². The summed E-state index contributed by atoms with van der Waals surface area (Å²) < 4.78 is 10.1. The third-order valence-electron chi connectivity index (χ3n) is 3.41. The summed E-state index contributed by atoms with van der Waals surface area (Å²) in [6.45, 7) is 0.664. The van der Waals surface area contributed by atoms with Crippen molar-refractivity contribution in [2.45, 2.75) is 6.42 Å². The number of hydrogen-bond acceptors (Lipinski definition) is 4. The maximum absolute atomic E-state index is 12.4. The van der Waals surface area contributed by atoms with Gasteiger partial charge in [-0.05, 0) is 30.7 Å². The van der Waals surface area contributed by atoms with Crippen molar-refractivity contribution in [3.8, 4) is 11.8 Å². The number of hydrogen-bond donors (Lipinski definition) is 0. The van der Waals surface area contributed by atoms with Crippen LogP contribution in [0.1, 0.15) is 6.42 Å². The highest BCUT2D eigenvalue weighted by molar-refractivity contribution is 6.01. The van der Waals surface area contributed by atoms with Crippen LogP contribution < -0.4 is 9.64 Å². The fraction of sp³-hybridized carbons (Fsp3) is 0.429. The lowest BCUT2D eigenvalue weighted by molar-refractivity contribution is -0.125. The Morgan fingerprint density at radius 1 is 1.37 bits per heavy atom. The van der Waals surface area contributed by atoms with Crippen LogP contribution in [0, 0.1) is 16.7 Å². The van der Waals surface area contributed by atoms with E-state index in [9.17, 15) is 10.1 Å². The number of nitrogens with zero attached hydrogens (tertiary/aromatic N) is 2. The van der Waals surface area contributed by atoms with Crippen LogP contribution in [0.2, 0.25) is 0 Å². The van der Waals surface area contributed by atoms with Gasteiger partial charge in [0.2, 0.25) is 5.91 Å². The number of rotatable bonds is 4. The monoisotopic (exact) mass is 260 g/mol. The Bertz CT molecular complexity index is 506. The van der Waals surface area contributed by atoms with Crippen LogP contribution in [0.4, 0.5) is 5.69 Å². The average Bonchev–Trinajstić information content (AvgIpc) is 2.77. The lowest BCUT2D eigenvalue weighted by Crippen LogP contribution is -2.36. The molecule has 1 saturated heterocycles. The molecule has 0 saturated carbocycles. The Balaban J connectivity index is 2.23. The molecule has 1 atom stereocenters. The van der Waals surface area contributed by atoms with E-state index in [2.05, 4.69) is 6.07 Å². The van der Waals surface area contributed by atoms with Gasteiger partial charge >= 0.3 is 0 Å². The van der Waals surface area contributed by atoms with Gasteiger partial charge in [-0.1, -0.05) is 0 Å². The number of nitriles is 1. The first-order valence-corrected chi connectivity index (χ1v) is 6.03. The van der Waals surface area contributed by atoms with E-state index in [0.717, 1.165) is 11.4 Å². The zero-order valence-electron chi connectivity index (χ0n) is 11.0. The summed E-state index contributed by atoms with van der Waals surface area (Å²) in [7, 11) is 3.09.